The molecule has 8 atom stereocenters. The Morgan fingerprint density at radius 1 is 0.464 bits per heavy atom. The van der Waals surface area contributed by atoms with Gasteiger partial charge in [-0.15, -0.1) is 0 Å². The smallest absolute Gasteiger partial charge is 0.325 e. The largest absolute Gasteiger partial charge is 0.480 e. The molecule has 0 saturated heterocycles. The van der Waals surface area contributed by atoms with Crippen LogP contribution in [0.4, 0.5) is 0 Å². The van der Waals surface area contributed by atoms with Gasteiger partial charge in [0.2, 0.25) is 47.3 Å². The van der Waals surface area contributed by atoms with E-state index in [2.05, 4.69) is 63.8 Å². The second kappa shape index (κ2) is 21.5. The SMILES string of the molecule is C[C@H](NC(=O)[C@H](C)NC(=O)[C@H](C)NC(=O)[C@H](C)NC(=O)[C@H](C)NC(=O)[C@H](C)NC(=O)C(C)(C)NC(=O)[C@H](C)NC(=O)[C@H](C)NC(=O)c1ccc(Br)cc1)C(=O)O. The van der Waals surface area contributed by atoms with Gasteiger partial charge in [0, 0.05) is 10.0 Å². The molecule has 20 nitrogen and oxygen atoms in total. The van der Waals surface area contributed by atoms with Gasteiger partial charge in [-0.3, -0.25) is 47.9 Å². The Morgan fingerprint density at radius 3 is 1.09 bits per heavy atom. The Kier molecular flexibility index (Phi) is 18.6. The van der Waals surface area contributed by atoms with E-state index in [1.54, 1.807) is 24.3 Å². The average molecular weight is 855 g/mol. The summed E-state index contributed by atoms with van der Waals surface area (Å²) >= 11 is 3.28. The maximum absolute atomic E-state index is 13.0. The molecule has 9 amide bonds. The summed E-state index contributed by atoms with van der Waals surface area (Å²) < 4.78 is 0.771. The zero-order valence-corrected chi connectivity index (χ0v) is 34.4. The number of carboxylic acid groups (broad SMARTS) is 1. The lowest BCUT2D eigenvalue weighted by molar-refractivity contribution is -0.141. The fraction of sp³-hybridized carbons (Fsp3) is 0.543. The van der Waals surface area contributed by atoms with Gasteiger partial charge in [0.05, 0.1) is 0 Å². The molecular formula is C35H52BrN9O11. The van der Waals surface area contributed by atoms with E-state index in [1.165, 1.54) is 69.2 Å². The molecule has 0 unspecified atom stereocenters. The van der Waals surface area contributed by atoms with E-state index >= 15 is 0 Å². The van der Waals surface area contributed by atoms with Gasteiger partial charge >= 0.3 is 5.97 Å². The summed E-state index contributed by atoms with van der Waals surface area (Å²) in [4.78, 5) is 125. The van der Waals surface area contributed by atoms with Gasteiger partial charge in [-0.2, -0.15) is 0 Å². The minimum Gasteiger partial charge on any atom is -0.480 e. The first kappa shape index (κ1) is 48.4. The molecule has 0 aliphatic heterocycles. The Hall–Kier alpha value is -5.60. The quantitative estimate of drug-likeness (QED) is 0.0732. The Morgan fingerprint density at radius 2 is 0.750 bits per heavy atom. The number of hydrogen-bond acceptors (Lipinski definition) is 10. The van der Waals surface area contributed by atoms with Gasteiger partial charge in [-0.1, -0.05) is 15.9 Å². The highest BCUT2D eigenvalue weighted by atomic mass is 79.9. The Balaban J connectivity index is 2.61. The van der Waals surface area contributed by atoms with E-state index in [1.807, 2.05) is 0 Å². The topological polar surface area (TPSA) is 299 Å². The minimum absolute atomic E-state index is 0.325. The number of rotatable bonds is 19. The van der Waals surface area contributed by atoms with Gasteiger partial charge in [-0.05, 0) is 93.5 Å². The zero-order chi connectivity index (χ0) is 43.2. The van der Waals surface area contributed by atoms with Crippen molar-refractivity contribution in [3.63, 3.8) is 0 Å². The van der Waals surface area contributed by atoms with E-state index in [4.69, 9.17) is 5.11 Å². The van der Waals surface area contributed by atoms with Gasteiger partial charge in [-0.25, -0.2) is 0 Å². The lowest BCUT2D eigenvalue weighted by Crippen LogP contribution is -2.62. The van der Waals surface area contributed by atoms with Crippen molar-refractivity contribution in [1.29, 1.82) is 0 Å². The first-order chi connectivity index (χ1) is 25.8. The molecule has 0 aliphatic rings. The molecule has 56 heavy (non-hydrogen) atoms. The molecule has 10 N–H and O–H groups in total. The van der Waals surface area contributed by atoms with Gasteiger partial charge in [0.1, 0.15) is 53.9 Å². The predicted octanol–water partition coefficient (Wildman–Crippen LogP) is -1.92. The lowest BCUT2D eigenvalue weighted by Gasteiger charge is -2.29. The van der Waals surface area contributed by atoms with Crippen molar-refractivity contribution in [2.45, 2.75) is 123 Å². The van der Waals surface area contributed by atoms with Gasteiger partial charge < -0.3 is 53.0 Å². The highest BCUT2D eigenvalue weighted by molar-refractivity contribution is 9.10. The number of carbonyl (C=O) groups is 10. The number of carbonyl (C=O) groups excluding carboxylic acids is 9. The number of aliphatic carboxylic acids is 1. The summed E-state index contributed by atoms with van der Waals surface area (Å²) in [6.45, 7) is 13.4. The van der Waals surface area contributed by atoms with Crippen LogP contribution in [0, 0.1) is 0 Å². The van der Waals surface area contributed by atoms with E-state index in [0.717, 1.165) is 4.47 Å². The molecule has 310 valence electrons. The molecule has 0 bridgehead atoms. The maximum atomic E-state index is 13.0. The molecule has 21 heteroatoms. The van der Waals surface area contributed by atoms with Crippen molar-refractivity contribution < 1.29 is 53.1 Å². The summed E-state index contributed by atoms with van der Waals surface area (Å²) in [6, 6.07) is -2.68. The molecule has 0 radical (unpaired) electrons. The van der Waals surface area contributed by atoms with Crippen LogP contribution in [0.2, 0.25) is 0 Å². The van der Waals surface area contributed by atoms with Crippen LogP contribution in [0.3, 0.4) is 0 Å². The van der Waals surface area contributed by atoms with Crippen LogP contribution in [-0.2, 0) is 43.2 Å². The predicted molar refractivity (Wildman–Crippen MR) is 204 cm³/mol. The average Bonchev–Trinajstić information content (AvgIpc) is 3.10. The number of halogens is 1. The molecule has 0 aliphatic carbocycles. The third-order valence-electron chi connectivity index (χ3n) is 8.08. The highest BCUT2D eigenvalue weighted by Crippen LogP contribution is 2.11. The normalized spacial score (nSPS) is 15.3. The zero-order valence-electron chi connectivity index (χ0n) is 32.8. The second-order valence-electron chi connectivity index (χ2n) is 13.7. The third kappa shape index (κ3) is 15.6. The molecule has 1 aromatic rings. The van der Waals surface area contributed by atoms with Crippen molar-refractivity contribution in [3.05, 3.63) is 34.3 Å². The second-order valence-corrected chi connectivity index (χ2v) is 14.6. The summed E-state index contributed by atoms with van der Waals surface area (Å²) in [5.41, 5.74) is -1.25. The Bertz CT molecular complexity index is 1670. The monoisotopic (exact) mass is 853 g/mol. The van der Waals surface area contributed by atoms with Gasteiger partial charge in [0.15, 0.2) is 0 Å². The first-order valence-corrected chi connectivity index (χ1v) is 18.3. The molecular weight excluding hydrogens is 802 g/mol. The van der Waals surface area contributed by atoms with Crippen molar-refractivity contribution in [1.82, 2.24) is 47.9 Å². The van der Waals surface area contributed by atoms with Crippen LogP contribution in [0.5, 0.6) is 0 Å². The van der Waals surface area contributed by atoms with Crippen molar-refractivity contribution in [2.24, 2.45) is 0 Å². The van der Waals surface area contributed by atoms with Crippen LogP contribution in [0.25, 0.3) is 0 Å². The molecule has 1 rings (SSSR count). The minimum atomic E-state index is -1.57. The summed E-state index contributed by atoms with van der Waals surface area (Å²) in [6.07, 6.45) is 0. The van der Waals surface area contributed by atoms with Crippen LogP contribution < -0.4 is 47.9 Å². The van der Waals surface area contributed by atoms with Crippen LogP contribution in [0.1, 0.15) is 79.6 Å². The summed E-state index contributed by atoms with van der Waals surface area (Å²) in [7, 11) is 0. The number of amides is 9. The number of carboxylic acids is 1. The molecule has 0 saturated carbocycles. The summed E-state index contributed by atoms with van der Waals surface area (Å²) in [5.74, 6) is -7.76. The molecule has 0 fully saturated rings. The van der Waals surface area contributed by atoms with E-state index in [0.29, 0.717) is 5.56 Å². The standard InChI is InChI=1S/C35H52BrN9O11/c1-15(25(46)37-16(2)26(47)39-18(4)29(50)43-22(8)33(54)55)38-27(48)17(3)40-30(51)20(6)44-34(56)35(9,10)45-31(52)21(7)41-28(49)19(5)42-32(53)23-11-13-24(36)14-12-23/h11-22H,1-10H3,(H,37,46)(H,38,48)(H,39,47)(H,40,51)(H,41,49)(H,42,53)(H,43,50)(H,44,56)(H,45,52)(H,54,55)/t15-,16-,17-,18-,19-,20-,21-,22-/m0/s1. The number of hydrogen-bond donors (Lipinski definition) is 10. The number of benzene rings is 1. The van der Waals surface area contributed by atoms with Gasteiger partial charge in [0.25, 0.3) is 5.91 Å². The van der Waals surface area contributed by atoms with Crippen molar-refractivity contribution in [3.8, 4) is 0 Å². The third-order valence-corrected chi connectivity index (χ3v) is 8.61. The summed E-state index contributed by atoms with van der Waals surface area (Å²) in [5, 5.41) is 30.6. The van der Waals surface area contributed by atoms with E-state index in [-0.39, 0.29) is 0 Å². The van der Waals surface area contributed by atoms with E-state index < -0.39 is 113 Å². The molecule has 1 aromatic carbocycles. The van der Waals surface area contributed by atoms with Crippen LogP contribution in [0.15, 0.2) is 28.7 Å². The van der Waals surface area contributed by atoms with Crippen molar-refractivity contribution in [2.75, 3.05) is 0 Å². The molecule has 0 heterocycles. The molecule has 0 aromatic heterocycles. The van der Waals surface area contributed by atoms with Crippen molar-refractivity contribution >= 4 is 75.1 Å². The maximum Gasteiger partial charge on any atom is 0.325 e. The number of nitrogens with one attached hydrogen (secondary N) is 9. The fourth-order valence-electron chi connectivity index (χ4n) is 4.28. The van der Waals surface area contributed by atoms with Crippen LogP contribution in [-0.4, -0.2) is 118 Å². The van der Waals surface area contributed by atoms with Crippen LogP contribution >= 0.6 is 15.9 Å². The lowest BCUT2D eigenvalue weighted by atomic mass is 10.0. The highest BCUT2D eigenvalue weighted by Gasteiger charge is 2.34. The molecule has 0 spiro atoms. The van der Waals surface area contributed by atoms with E-state index in [9.17, 15) is 47.9 Å². The Labute approximate surface area is 332 Å². The first-order valence-electron chi connectivity index (χ1n) is 17.5. The fourth-order valence-corrected chi connectivity index (χ4v) is 4.55.